The molecule has 1 saturated carbocycles. The molecule has 0 spiro atoms. The standard InChI is InChI=1S/C16H32/c1-7-15-13(6)12(5)10-14(9-11(3)4)16(15)8-2/h11-16H,7-10H2,1-6H3. The Morgan fingerprint density at radius 2 is 1.56 bits per heavy atom. The molecule has 0 aromatic rings. The average molecular weight is 224 g/mol. The van der Waals surface area contributed by atoms with Gasteiger partial charge in [0.05, 0.1) is 0 Å². The van der Waals surface area contributed by atoms with Crippen LogP contribution in [0.3, 0.4) is 0 Å². The Morgan fingerprint density at radius 3 is 2.00 bits per heavy atom. The minimum atomic E-state index is 0.872. The monoisotopic (exact) mass is 224 g/mol. The second kappa shape index (κ2) is 6.07. The smallest absolute Gasteiger partial charge is 0.0357 e. The van der Waals surface area contributed by atoms with Crippen molar-refractivity contribution in [3.63, 3.8) is 0 Å². The summed E-state index contributed by atoms with van der Waals surface area (Å²) < 4.78 is 0. The van der Waals surface area contributed by atoms with Crippen LogP contribution >= 0.6 is 0 Å². The van der Waals surface area contributed by atoms with Crippen molar-refractivity contribution in [1.82, 2.24) is 0 Å². The van der Waals surface area contributed by atoms with Crippen molar-refractivity contribution in [2.75, 3.05) is 0 Å². The first kappa shape index (κ1) is 14.1. The van der Waals surface area contributed by atoms with Crippen molar-refractivity contribution in [3.05, 3.63) is 0 Å². The number of hydrogen-bond acceptors (Lipinski definition) is 0. The van der Waals surface area contributed by atoms with Gasteiger partial charge in [0.2, 0.25) is 0 Å². The first-order chi connectivity index (χ1) is 7.51. The van der Waals surface area contributed by atoms with Crippen LogP contribution in [0.4, 0.5) is 0 Å². The van der Waals surface area contributed by atoms with E-state index in [1.165, 1.54) is 25.7 Å². The second-order valence-corrected chi connectivity index (χ2v) is 6.61. The van der Waals surface area contributed by atoms with E-state index in [0.29, 0.717) is 0 Å². The molecule has 0 aliphatic heterocycles. The van der Waals surface area contributed by atoms with Gasteiger partial charge in [0, 0.05) is 0 Å². The van der Waals surface area contributed by atoms with Gasteiger partial charge < -0.3 is 0 Å². The van der Waals surface area contributed by atoms with E-state index < -0.39 is 0 Å². The lowest BCUT2D eigenvalue weighted by Crippen LogP contribution is -2.38. The lowest BCUT2D eigenvalue weighted by atomic mass is 9.60. The van der Waals surface area contributed by atoms with Gasteiger partial charge in [-0.2, -0.15) is 0 Å². The van der Waals surface area contributed by atoms with Gasteiger partial charge in [-0.25, -0.2) is 0 Å². The maximum absolute atomic E-state index is 2.49. The van der Waals surface area contributed by atoms with Gasteiger partial charge in [0.1, 0.15) is 0 Å². The topological polar surface area (TPSA) is 0 Å². The molecule has 1 rings (SSSR count). The summed E-state index contributed by atoms with van der Waals surface area (Å²) in [6.45, 7) is 14.5. The molecular formula is C16H32. The van der Waals surface area contributed by atoms with Gasteiger partial charge in [-0.3, -0.25) is 0 Å². The molecule has 1 fully saturated rings. The molecule has 0 saturated heterocycles. The molecule has 0 aromatic heterocycles. The Balaban J connectivity index is 2.76. The lowest BCUT2D eigenvalue weighted by Gasteiger charge is -2.46. The van der Waals surface area contributed by atoms with Crippen LogP contribution in [0.2, 0.25) is 0 Å². The van der Waals surface area contributed by atoms with Crippen molar-refractivity contribution in [2.45, 2.75) is 67.2 Å². The molecule has 0 aromatic carbocycles. The van der Waals surface area contributed by atoms with Gasteiger partial charge in [0.15, 0.2) is 0 Å². The van der Waals surface area contributed by atoms with E-state index in [4.69, 9.17) is 0 Å². The van der Waals surface area contributed by atoms with E-state index in [1.54, 1.807) is 0 Å². The molecule has 0 heteroatoms. The van der Waals surface area contributed by atoms with E-state index in [2.05, 4.69) is 41.5 Å². The predicted molar refractivity (Wildman–Crippen MR) is 73.5 cm³/mol. The zero-order valence-electron chi connectivity index (χ0n) is 12.3. The van der Waals surface area contributed by atoms with Crippen LogP contribution < -0.4 is 0 Å². The highest BCUT2D eigenvalue weighted by Gasteiger charge is 2.38. The molecule has 0 radical (unpaired) electrons. The Morgan fingerprint density at radius 1 is 1.00 bits per heavy atom. The van der Waals surface area contributed by atoms with Crippen LogP contribution in [-0.2, 0) is 0 Å². The maximum Gasteiger partial charge on any atom is -0.0357 e. The third-order valence-electron chi connectivity index (χ3n) is 5.12. The van der Waals surface area contributed by atoms with Gasteiger partial charge in [-0.1, -0.05) is 54.4 Å². The third kappa shape index (κ3) is 3.02. The predicted octanol–water partition coefficient (Wildman–Crippen LogP) is 5.38. The van der Waals surface area contributed by atoms with Gasteiger partial charge in [-0.15, -0.1) is 0 Å². The molecule has 0 nitrogen and oxygen atoms in total. The summed E-state index contributed by atoms with van der Waals surface area (Å²) in [5.41, 5.74) is 0. The summed E-state index contributed by atoms with van der Waals surface area (Å²) in [7, 11) is 0. The lowest BCUT2D eigenvalue weighted by molar-refractivity contribution is 0.0375. The van der Waals surface area contributed by atoms with Crippen LogP contribution in [0.25, 0.3) is 0 Å². The summed E-state index contributed by atoms with van der Waals surface area (Å²) in [6.07, 6.45) is 5.71. The summed E-state index contributed by atoms with van der Waals surface area (Å²) in [6, 6.07) is 0. The Labute approximate surface area is 103 Å². The summed E-state index contributed by atoms with van der Waals surface area (Å²) in [4.78, 5) is 0. The van der Waals surface area contributed by atoms with Crippen molar-refractivity contribution in [1.29, 1.82) is 0 Å². The molecule has 96 valence electrons. The van der Waals surface area contributed by atoms with Crippen molar-refractivity contribution < 1.29 is 0 Å². The average Bonchev–Trinajstić information content (AvgIpc) is 2.21. The minimum absolute atomic E-state index is 0.872. The highest BCUT2D eigenvalue weighted by atomic mass is 14.4. The quantitative estimate of drug-likeness (QED) is 0.601. The molecule has 5 atom stereocenters. The maximum atomic E-state index is 2.49. The Bertz CT molecular complexity index is 194. The van der Waals surface area contributed by atoms with Gasteiger partial charge >= 0.3 is 0 Å². The Hall–Kier alpha value is 0. The van der Waals surface area contributed by atoms with Crippen molar-refractivity contribution in [2.24, 2.45) is 35.5 Å². The molecule has 16 heavy (non-hydrogen) atoms. The molecule has 1 aliphatic carbocycles. The fourth-order valence-electron chi connectivity index (χ4n) is 4.22. The number of hydrogen-bond donors (Lipinski definition) is 0. The van der Waals surface area contributed by atoms with Crippen molar-refractivity contribution >= 4 is 0 Å². The SMILES string of the molecule is CCC1C(CC(C)C)CC(C)C(C)C1CC. The molecule has 5 unspecified atom stereocenters. The van der Waals surface area contributed by atoms with E-state index in [9.17, 15) is 0 Å². The van der Waals surface area contributed by atoms with Crippen LogP contribution in [0.1, 0.15) is 67.2 Å². The number of rotatable bonds is 4. The van der Waals surface area contributed by atoms with Gasteiger partial charge in [-0.05, 0) is 48.3 Å². The largest absolute Gasteiger partial charge is 0.0651 e. The summed E-state index contributed by atoms with van der Waals surface area (Å²) >= 11 is 0. The third-order valence-corrected chi connectivity index (χ3v) is 5.12. The molecule has 0 amide bonds. The highest BCUT2D eigenvalue weighted by Crippen LogP contribution is 2.47. The van der Waals surface area contributed by atoms with E-state index in [0.717, 1.165) is 35.5 Å². The molecule has 0 bridgehead atoms. The Kier molecular flexibility index (Phi) is 5.34. The summed E-state index contributed by atoms with van der Waals surface area (Å²) in [5.74, 6) is 5.74. The van der Waals surface area contributed by atoms with E-state index >= 15 is 0 Å². The first-order valence-electron chi connectivity index (χ1n) is 7.51. The molecule has 0 N–H and O–H groups in total. The highest BCUT2D eigenvalue weighted by molar-refractivity contribution is 4.88. The first-order valence-corrected chi connectivity index (χ1v) is 7.51. The van der Waals surface area contributed by atoms with Crippen LogP contribution in [0.15, 0.2) is 0 Å². The fourth-order valence-corrected chi connectivity index (χ4v) is 4.22. The molecule has 0 heterocycles. The minimum Gasteiger partial charge on any atom is -0.0651 e. The van der Waals surface area contributed by atoms with Crippen LogP contribution in [0, 0.1) is 35.5 Å². The molecule has 1 aliphatic rings. The van der Waals surface area contributed by atoms with Gasteiger partial charge in [0.25, 0.3) is 0 Å². The summed E-state index contributed by atoms with van der Waals surface area (Å²) in [5, 5.41) is 0. The zero-order valence-corrected chi connectivity index (χ0v) is 12.3. The second-order valence-electron chi connectivity index (χ2n) is 6.61. The fraction of sp³-hybridized carbons (Fsp3) is 1.00. The molecular weight excluding hydrogens is 192 g/mol. The van der Waals surface area contributed by atoms with Crippen molar-refractivity contribution in [3.8, 4) is 0 Å². The van der Waals surface area contributed by atoms with E-state index in [-0.39, 0.29) is 0 Å². The zero-order chi connectivity index (χ0) is 12.3. The van der Waals surface area contributed by atoms with Crippen LogP contribution in [-0.4, -0.2) is 0 Å². The normalized spacial score (nSPS) is 40.3. The van der Waals surface area contributed by atoms with Crippen LogP contribution in [0.5, 0.6) is 0 Å². The van der Waals surface area contributed by atoms with E-state index in [1.807, 2.05) is 0 Å².